The molecule has 0 saturated carbocycles. The Morgan fingerprint density at radius 2 is 1.75 bits per heavy atom. The second-order valence-electron chi connectivity index (χ2n) is 3.39. The van der Waals surface area contributed by atoms with E-state index in [1.165, 1.54) is 0 Å². The van der Waals surface area contributed by atoms with Gasteiger partial charge in [0.25, 0.3) is 0 Å². The molecule has 2 rings (SSSR count). The molecule has 0 amide bonds. The van der Waals surface area contributed by atoms with Crippen LogP contribution < -0.4 is 0 Å². The molecule has 1 N–H and O–H groups in total. The molecule has 0 atom stereocenters. The van der Waals surface area contributed by atoms with E-state index >= 15 is 0 Å². The number of aromatic hydroxyl groups is 1. The molecule has 0 radical (unpaired) electrons. The summed E-state index contributed by atoms with van der Waals surface area (Å²) in [7, 11) is 0. The summed E-state index contributed by atoms with van der Waals surface area (Å²) < 4.78 is 0. The average molecular weight is 254 g/mol. The number of nitrogens with zero attached hydrogens (tertiary/aromatic N) is 1. The van der Waals surface area contributed by atoms with Gasteiger partial charge in [-0.05, 0) is 29.8 Å². The molecule has 1 heterocycles. The van der Waals surface area contributed by atoms with E-state index in [1.54, 1.807) is 24.5 Å². The van der Waals surface area contributed by atoms with E-state index in [0.717, 1.165) is 5.56 Å². The third kappa shape index (κ3) is 2.29. The summed E-state index contributed by atoms with van der Waals surface area (Å²) in [6, 6.07) is 6.87. The molecule has 1 aromatic carbocycles. The average Bonchev–Trinajstić information content (AvgIpc) is 2.31. The maximum Gasteiger partial charge on any atom is 0.120 e. The Hall–Kier alpha value is -1.25. The van der Waals surface area contributed by atoms with Crippen molar-refractivity contribution in [2.75, 3.05) is 0 Å². The molecule has 0 unspecified atom stereocenters. The fourth-order valence-electron chi connectivity index (χ4n) is 1.46. The monoisotopic (exact) mass is 253 g/mol. The highest BCUT2D eigenvalue weighted by Gasteiger charge is 2.10. The van der Waals surface area contributed by atoms with E-state index in [9.17, 15) is 5.11 Å². The van der Waals surface area contributed by atoms with Gasteiger partial charge in [0.05, 0.1) is 10.0 Å². The summed E-state index contributed by atoms with van der Waals surface area (Å²) >= 11 is 11.9. The van der Waals surface area contributed by atoms with Crippen molar-refractivity contribution in [2.45, 2.75) is 6.42 Å². The third-order valence-corrected chi connectivity index (χ3v) is 3.15. The number of aromatic nitrogens is 1. The van der Waals surface area contributed by atoms with Crippen LogP contribution >= 0.6 is 23.2 Å². The standard InChI is InChI=1S/C12H9Cl2NO/c13-10-1-2-11(16)9(12(10)14)7-8-3-5-15-6-4-8/h1-6,16H,7H2. The van der Waals surface area contributed by atoms with E-state index in [2.05, 4.69) is 4.98 Å². The van der Waals surface area contributed by atoms with Gasteiger partial charge in [0.1, 0.15) is 5.75 Å². The number of pyridine rings is 1. The van der Waals surface area contributed by atoms with Gasteiger partial charge in [0.2, 0.25) is 0 Å². The van der Waals surface area contributed by atoms with Crippen molar-refractivity contribution in [3.8, 4) is 5.75 Å². The summed E-state index contributed by atoms with van der Waals surface area (Å²) in [5.74, 6) is 0.159. The minimum atomic E-state index is 0.159. The van der Waals surface area contributed by atoms with E-state index in [0.29, 0.717) is 22.0 Å². The van der Waals surface area contributed by atoms with Crippen LogP contribution in [0.15, 0.2) is 36.7 Å². The van der Waals surface area contributed by atoms with Gasteiger partial charge in [-0.2, -0.15) is 0 Å². The van der Waals surface area contributed by atoms with Crippen LogP contribution in [0.2, 0.25) is 10.0 Å². The molecule has 0 aliphatic carbocycles. The molecule has 0 spiro atoms. The highest BCUT2D eigenvalue weighted by atomic mass is 35.5. The predicted octanol–water partition coefficient (Wildman–Crippen LogP) is 3.68. The number of phenols is 1. The Morgan fingerprint density at radius 3 is 2.44 bits per heavy atom. The van der Waals surface area contributed by atoms with Crippen molar-refractivity contribution < 1.29 is 5.11 Å². The summed E-state index contributed by atoms with van der Waals surface area (Å²) in [5.41, 5.74) is 1.66. The third-order valence-electron chi connectivity index (χ3n) is 2.30. The molecule has 0 aliphatic rings. The second kappa shape index (κ2) is 4.73. The van der Waals surface area contributed by atoms with Gasteiger partial charge in [0.15, 0.2) is 0 Å². The fraction of sp³-hybridized carbons (Fsp3) is 0.0833. The van der Waals surface area contributed by atoms with Gasteiger partial charge >= 0.3 is 0 Å². The molecule has 4 heteroatoms. The predicted molar refractivity (Wildman–Crippen MR) is 65.2 cm³/mol. The number of benzene rings is 1. The van der Waals surface area contributed by atoms with E-state index in [4.69, 9.17) is 23.2 Å². The Balaban J connectivity index is 2.38. The molecule has 16 heavy (non-hydrogen) atoms. The normalized spacial score (nSPS) is 10.4. The SMILES string of the molecule is Oc1ccc(Cl)c(Cl)c1Cc1ccncc1. The Kier molecular flexibility index (Phi) is 3.32. The number of halogens is 2. The number of rotatable bonds is 2. The molecule has 0 aliphatic heterocycles. The van der Waals surface area contributed by atoms with Gasteiger partial charge in [-0.15, -0.1) is 0 Å². The minimum absolute atomic E-state index is 0.159. The van der Waals surface area contributed by atoms with Crippen molar-refractivity contribution in [3.05, 3.63) is 57.8 Å². The Morgan fingerprint density at radius 1 is 1.06 bits per heavy atom. The summed E-state index contributed by atoms with van der Waals surface area (Å²) in [6.07, 6.45) is 3.93. The molecule has 0 fully saturated rings. The number of phenolic OH excluding ortho intramolecular Hbond substituents is 1. The van der Waals surface area contributed by atoms with Gasteiger partial charge in [-0.25, -0.2) is 0 Å². The molecular weight excluding hydrogens is 245 g/mol. The second-order valence-corrected chi connectivity index (χ2v) is 4.18. The van der Waals surface area contributed by atoms with E-state index in [-0.39, 0.29) is 5.75 Å². The molecule has 2 nitrogen and oxygen atoms in total. The molecule has 2 aromatic rings. The van der Waals surface area contributed by atoms with Crippen LogP contribution in [-0.2, 0) is 6.42 Å². The van der Waals surface area contributed by atoms with Crippen LogP contribution in [0.4, 0.5) is 0 Å². The van der Waals surface area contributed by atoms with Crippen molar-refractivity contribution >= 4 is 23.2 Å². The molecule has 82 valence electrons. The topological polar surface area (TPSA) is 33.1 Å². The lowest BCUT2D eigenvalue weighted by Crippen LogP contribution is -1.91. The highest BCUT2D eigenvalue weighted by molar-refractivity contribution is 6.42. The zero-order valence-electron chi connectivity index (χ0n) is 8.32. The van der Waals surface area contributed by atoms with Crippen LogP contribution in [0.3, 0.4) is 0 Å². The maximum atomic E-state index is 9.72. The molecule has 0 saturated heterocycles. The van der Waals surface area contributed by atoms with Crippen LogP contribution in [0.5, 0.6) is 5.75 Å². The van der Waals surface area contributed by atoms with Crippen LogP contribution in [0.1, 0.15) is 11.1 Å². The smallest absolute Gasteiger partial charge is 0.120 e. The Labute approximate surface area is 103 Å². The lowest BCUT2D eigenvalue weighted by atomic mass is 10.1. The lowest BCUT2D eigenvalue weighted by molar-refractivity contribution is 0.469. The fourth-order valence-corrected chi connectivity index (χ4v) is 1.86. The summed E-state index contributed by atoms with van der Waals surface area (Å²) in [6.45, 7) is 0. The molecule has 1 aromatic heterocycles. The van der Waals surface area contributed by atoms with Gasteiger partial charge < -0.3 is 5.11 Å². The van der Waals surface area contributed by atoms with Crippen LogP contribution in [-0.4, -0.2) is 10.1 Å². The summed E-state index contributed by atoms with van der Waals surface area (Å²) in [5, 5.41) is 10.6. The molecular formula is C12H9Cl2NO. The molecule has 0 bridgehead atoms. The first-order valence-corrected chi connectivity index (χ1v) is 5.49. The van der Waals surface area contributed by atoms with Crippen LogP contribution in [0, 0.1) is 0 Å². The van der Waals surface area contributed by atoms with Crippen LogP contribution in [0.25, 0.3) is 0 Å². The van der Waals surface area contributed by atoms with Crippen molar-refractivity contribution in [1.82, 2.24) is 4.98 Å². The maximum absolute atomic E-state index is 9.72. The van der Waals surface area contributed by atoms with Crippen molar-refractivity contribution in [2.24, 2.45) is 0 Å². The first-order valence-electron chi connectivity index (χ1n) is 4.73. The van der Waals surface area contributed by atoms with E-state index < -0.39 is 0 Å². The number of hydrogen-bond donors (Lipinski definition) is 1. The zero-order valence-corrected chi connectivity index (χ0v) is 9.83. The van der Waals surface area contributed by atoms with Gasteiger partial charge in [-0.1, -0.05) is 23.2 Å². The first kappa shape index (κ1) is 11.2. The lowest BCUT2D eigenvalue weighted by Gasteiger charge is -2.08. The van der Waals surface area contributed by atoms with Crippen molar-refractivity contribution in [3.63, 3.8) is 0 Å². The number of hydrogen-bond acceptors (Lipinski definition) is 2. The Bertz CT molecular complexity index is 500. The van der Waals surface area contributed by atoms with Crippen molar-refractivity contribution in [1.29, 1.82) is 0 Å². The van der Waals surface area contributed by atoms with Gasteiger partial charge in [-0.3, -0.25) is 4.98 Å². The zero-order chi connectivity index (χ0) is 11.5. The minimum Gasteiger partial charge on any atom is -0.508 e. The van der Waals surface area contributed by atoms with E-state index in [1.807, 2.05) is 12.1 Å². The quantitative estimate of drug-likeness (QED) is 0.886. The highest BCUT2D eigenvalue weighted by Crippen LogP contribution is 2.33. The summed E-state index contributed by atoms with van der Waals surface area (Å²) in [4.78, 5) is 3.93. The first-order chi connectivity index (χ1) is 7.68. The largest absolute Gasteiger partial charge is 0.508 e. The van der Waals surface area contributed by atoms with Gasteiger partial charge in [0, 0.05) is 24.4 Å².